The lowest BCUT2D eigenvalue weighted by molar-refractivity contribution is -0.115. The van der Waals surface area contributed by atoms with Crippen molar-refractivity contribution in [3.63, 3.8) is 0 Å². The number of ketones is 1. The second kappa shape index (κ2) is 7.10. The van der Waals surface area contributed by atoms with Crippen LogP contribution in [0.4, 0.5) is 4.79 Å². The van der Waals surface area contributed by atoms with Crippen molar-refractivity contribution in [3.8, 4) is 0 Å². The Labute approximate surface area is 143 Å². The fraction of sp³-hybridized carbons (Fsp3) is 0. The van der Waals surface area contributed by atoms with Crippen LogP contribution in [0.25, 0.3) is 12.2 Å². The Morgan fingerprint density at radius 3 is 2.25 bits per heavy atom. The first-order valence-electron chi connectivity index (χ1n) is 7.24. The van der Waals surface area contributed by atoms with Gasteiger partial charge in [0.1, 0.15) is 0 Å². The lowest BCUT2D eigenvalue weighted by Gasteiger charge is -1.99. The molecule has 5 heteroatoms. The van der Waals surface area contributed by atoms with Crippen LogP contribution >= 0.6 is 11.8 Å². The van der Waals surface area contributed by atoms with E-state index in [4.69, 9.17) is 0 Å². The van der Waals surface area contributed by atoms with Crippen molar-refractivity contribution < 1.29 is 14.4 Å². The lowest BCUT2D eigenvalue weighted by atomic mass is 10.1. The number of allylic oxidation sites excluding steroid dienone is 1. The molecular formula is C19H13NO3S. The third-order valence-corrected chi connectivity index (χ3v) is 4.17. The molecule has 4 nitrogen and oxygen atoms in total. The molecule has 1 heterocycles. The number of rotatable bonds is 4. The molecule has 2 aromatic rings. The number of hydrogen-bond acceptors (Lipinski definition) is 4. The van der Waals surface area contributed by atoms with Crippen LogP contribution in [0.3, 0.4) is 0 Å². The molecule has 3 rings (SSSR count). The number of carbonyl (C=O) groups is 3. The molecule has 1 aliphatic heterocycles. The molecule has 0 spiro atoms. The van der Waals surface area contributed by atoms with Crippen LogP contribution in [0.1, 0.15) is 21.5 Å². The predicted molar refractivity (Wildman–Crippen MR) is 95.4 cm³/mol. The molecule has 0 aromatic heterocycles. The topological polar surface area (TPSA) is 63.2 Å². The Hall–Kier alpha value is -2.92. The van der Waals surface area contributed by atoms with Gasteiger partial charge in [0.25, 0.3) is 11.1 Å². The minimum absolute atomic E-state index is 0.0961. The minimum atomic E-state index is -0.393. The second-order valence-corrected chi connectivity index (χ2v) is 6.10. The monoisotopic (exact) mass is 335 g/mol. The zero-order valence-corrected chi connectivity index (χ0v) is 13.4. The number of benzene rings is 2. The van der Waals surface area contributed by atoms with Crippen molar-refractivity contribution in [2.24, 2.45) is 0 Å². The molecule has 1 N–H and O–H groups in total. The molecule has 0 bridgehead atoms. The number of thioether (sulfide) groups is 1. The summed E-state index contributed by atoms with van der Waals surface area (Å²) in [5, 5.41) is 1.83. The van der Waals surface area contributed by atoms with Gasteiger partial charge in [-0.1, -0.05) is 60.7 Å². The number of nitrogens with one attached hydrogen (secondary N) is 1. The molecule has 1 fully saturated rings. The number of hydrogen-bond donors (Lipinski definition) is 1. The van der Waals surface area contributed by atoms with Crippen LogP contribution in [0.5, 0.6) is 0 Å². The number of carbonyl (C=O) groups excluding carboxylic acids is 3. The van der Waals surface area contributed by atoms with Gasteiger partial charge in [0.05, 0.1) is 4.91 Å². The predicted octanol–water partition coefficient (Wildman–Crippen LogP) is 3.91. The van der Waals surface area contributed by atoms with E-state index in [0.29, 0.717) is 10.5 Å². The summed E-state index contributed by atoms with van der Waals surface area (Å²) in [6.07, 6.45) is 4.92. The highest BCUT2D eigenvalue weighted by atomic mass is 32.2. The first kappa shape index (κ1) is 16.0. The standard InChI is InChI=1S/C19H13NO3S/c21-16(11-8-13-4-2-1-3-5-13)15-9-6-14(7-10-15)12-17-18(22)20-19(23)24-17/h1-12H,(H,20,22,23). The van der Waals surface area contributed by atoms with Crippen LogP contribution in [-0.2, 0) is 4.79 Å². The summed E-state index contributed by atoms with van der Waals surface area (Å²) < 4.78 is 0. The molecule has 0 aliphatic carbocycles. The molecular weight excluding hydrogens is 322 g/mol. The zero-order chi connectivity index (χ0) is 16.9. The maximum Gasteiger partial charge on any atom is 0.290 e. The van der Waals surface area contributed by atoms with Gasteiger partial charge in [-0.15, -0.1) is 0 Å². The Bertz CT molecular complexity index is 852. The van der Waals surface area contributed by atoms with Gasteiger partial charge in [-0.3, -0.25) is 19.7 Å². The summed E-state index contributed by atoms with van der Waals surface area (Å²) >= 11 is 0.868. The minimum Gasteiger partial charge on any atom is -0.289 e. The van der Waals surface area contributed by atoms with E-state index >= 15 is 0 Å². The molecule has 118 valence electrons. The van der Waals surface area contributed by atoms with Crippen molar-refractivity contribution in [1.82, 2.24) is 5.32 Å². The zero-order valence-electron chi connectivity index (χ0n) is 12.6. The smallest absolute Gasteiger partial charge is 0.289 e. The molecule has 0 atom stereocenters. The van der Waals surface area contributed by atoms with Crippen molar-refractivity contribution in [3.05, 3.63) is 82.3 Å². The Morgan fingerprint density at radius 2 is 1.62 bits per heavy atom. The van der Waals surface area contributed by atoms with Gasteiger partial charge in [-0.2, -0.15) is 0 Å². The third kappa shape index (κ3) is 3.88. The maximum absolute atomic E-state index is 12.2. The van der Waals surface area contributed by atoms with E-state index in [-0.39, 0.29) is 11.0 Å². The summed E-state index contributed by atoms with van der Waals surface area (Å²) in [7, 11) is 0. The molecule has 0 radical (unpaired) electrons. The van der Waals surface area contributed by atoms with E-state index in [1.54, 1.807) is 36.4 Å². The molecule has 24 heavy (non-hydrogen) atoms. The van der Waals surface area contributed by atoms with E-state index < -0.39 is 5.91 Å². The Morgan fingerprint density at radius 1 is 0.917 bits per heavy atom. The fourth-order valence-corrected chi connectivity index (χ4v) is 2.83. The average Bonchev–Trinajstić information content (AvgIpc) is 2.91. The highest BCUT2D eigenvalue weighted by Crippen LogP contribution is 2.25. The summed E-state index contributed by atoms with van der Waals surface area (Å²) in [6, 6.07) is 16.5. The van der Waals surface area contributed by atoms with Crippen LogP contribution < -0.4 is 5.32 Å². The van der Waals surface area contributed by atoms with E-state index in [1.807, 2.05) is 30.3 Å². The first-order chi connectivity index (χ1) is 11.6. The highest BCUT2D eigenvalue weighted by molar-refractivity contribution is 8.18. The number of imide groups is 1. The fourth-order valence-electron chi connectivity index (χ4n) is 2.15. The SMILES string of the molecule is O=C1NC(=O)C(=Cc2ccc(C(=O)C=Cc3ccccc3)cc2)S1. The van der Waals surface area contributed by atoms with Gasteiger partial charge in [-0.25, -0.2) is 0 Å². The largest absolute Gasteiger partial charge is 0.290 e. The van der Waals surface area contributed by atoms with Gasteiger partial charge in [0, 0.05) is 5.56 Å². The molecule has 0 saturated carbocycles. The molecule has 2 amide bonds. The summed E-state index contributed by atoms with van der Waals surface area (Å²) in [5.74, 6) is -0.489. The number of amides is 2. The van der Waals surface area contributed by atoms with Crippen LogP contribution in [0.15, 0.2) is 65.6 Å². The van der Waals surface area contributed by atoms with Gasteiger partial charge in [-0.05, 0) is 35.0 Å². The van der Waals surface area contributed by atoms with Gasteiger partial charge >= 0.3 is 0 Å². The first-order valence-corrected chi connectivity index (χ1v) is 8.06. The molecule has 2 aromatic carbocycles. The van der Waals surface area contributed by atoms with Crippen molar-refractivity contribution >= 4 is 40.8 Å². The van der Waals surface area contributed by atoms with Gasteiger partial charge in [0.15, 0.2) is 5.78 Å². The van der Waals surface area contributed by atoms with E-state index in [1.165, 1.54) is 6.08 Å². The quantitative estimate of drug-likeness (QED) is 0.680. The van der Waals surface area contributed by atoms with Gasteiger partial charge < -0.3 is 0 Å². The summed E-state index contributed by atoms with van der Waals surface area (Å²) in [4.78, 5) is 35.1. The van der Waals surface area contributed by atoms with Crippen LogP contribution in [0, 0.1) is 0 Å². The van der Waals surface area contributed by atoms with E-state index in [0.717, 1.165) is 22.9 Å². The maximum atomic E-state index is 12.2. The van der Waals surface area contributed by atoms with Crippen molar-refractivity contribution in [2.45, 2.75) is 0 Å². The summed E-state index contributed by atoms with van der Waals surface area (Å²) in [5.41, 5.74) is 2.27. The van der Waals surface area contributed by atoms with Crippen LogP contribution in [-0.4, -0.2) is 16.9 Å². The van der Waals surface area contributed by atoms with Gasteiger partial charge in [0.2, 0.25) is 0 Å². The molecule has 1 saturated heterocycles. The average molecular weight is 335 g/mol. The lowest BCUT2D eigenvalue weighted by Crippen LogP contribution is -2.17. The Kier molecular flexibility index (Phi) is 4.72. The van der Waals surface area contributed by atoms with E-state index in [9.17, 15) is 14.4 Å². The Balaban J connectivity index is 1.71. The molecule has 0 unspecified atom stereocenters. The molecule has 1 aliphatic rings. The second-order valence-electron chi connectivity index (χ2n) is 5.08. The highest BCUT2D eigenvalue weighted by Gasteiger charge is 2.24. The van der Waals surface area contributed by atoms with Crippen molar-refractivity contribution in [2.75, 3.05) is 0 Å². The summed E-state index contributed by atoms with van der Waals surface area (Å²) in [6.45, 7) is 0. The van der Waals surface area contributed by atoms with Crippen LogP contribution in [0.2, 0.25) is 0 Å². The van der Waals surface area contributed by atoms with Crippen molar-refractivity contribution in [1.29, 1.82) is 0 Å². The normalized spacial score (nSPS) is 15.9. The third-order valence-electron chi connectivity index (χ3n) is 3.36. The van der Waals surface area contributed by atoms with E-state index in [2.05, 4.69) is 5.32 Å².